The monoisotopic (exact) mass is 330 g/mol. The number of hydrogen-bond donors (Lipinski definition) is 1. The van der Waals surface area contributed by atoms with Gasteiger partial charge in [0.25, 0.3) is 0 Å². The van der Waals surface area contributed by atoms with Crippen molar-refractivity contribution in [3.8, 4) is 28.0 Å². The molecule has 25 heavy (non-hydrogen) atoms. The Kier molecular flexibility index (Phi) is 4.29. The summed E-state index contributed by atoms with van der Waals surface area (Å²) in [4.78, 5) is 0. The molecule has 0 aliphatic heterocycles. The lowest BCUT2D eigenvalue weighted by Gasteiger charge is -2.14. The molecule has 2 heteroatoms. The molecule has 0 atom stereocenters. The van der Waals surface area contributed by atoms with Crippen LogP contribution in [0.15, 0.2) is 60.7 Å². The molecule has 0 radical (unpaired) electrons. The Morgan fingerprint density at radius 2 is 1.72 bits per heavy atom. The summed E-state index contributed by atoms with van der Waals surface area (Å²) in [5, 5.41) is 8.99. The molecular weight excluding hydrogens is 308 g/mol. The highest BCUT2D eigenvalue weighted by atomic mass is 16.5. The lowest BCUT2D eigenvalue weighted by atomic mass is 9.94. The van der Waals surface area contributed by atoms with Gasteiger partial charge in [-0.2, -0.15) is 0 Å². The van der Waals surface area contributed by atoms with Gasteiger partial charge in [-0.25, -0.2) is 0 Å². The van der Waals surface area contributed by atoms with Gasteiger partial charge < -0.3 is 9.84 Å². The van der Waals surface area contributed by atoms with Gasteiger partial charge in [-0.05, 0) is 63.9 Å². The molecular formula is C23H22O2. The van der Waals surface area contributed by atoms with Crippen molar-refractivity contribution in [3.05, 3.63) is 77.4 Å². The van der Waals surface area contributed by atoms with Gasteiger partial charge in [0, 0.05) is 0 Å². The molecule has 1 N–H and O–H groups in total. The van der Waals surface area contributed by atoms with E-state index in [0.717, 1.165) is 18.6 Å². The highest BCUT2D eigenvalue weighted by Gasteiger charge is 2.21. The number of fused-ring (bicyclic) bond motifs is 3. The van der Waals surface area contributed by atoms with Crippen molar-refractivity contribution < 1.29 is 9.84 Å². The number of hydrogen-bond acceptors (Lipinski definition) is 2. The zero-order valence-corrected chi connectivity index (χ0v) is 14.5. The van der Waals surface area contributed by atoms with Crippen LogP contribution in [0.1, 0.15) is 23.6 Å². The molecule has 0 spiro atoms. The molecule has 0 heterocycles. The molecule has 4 rings (SSSR count). The lowest BCUT2D eigenvalue weighted by Crippen LogP contribution is -2.03. The van der Waals surface area contributed by atoms with Gasteiger partial charge in [0.05, 0.1) is 6.61 Å². The quantitative estimate of drug-likeness (QED) is 0.566. The molecule has 126 valence electrons. The number of ether oxygens (including phenoxy) is 1. The van der Waals surface area contributed by atoms with Crippen molar-refractivity contribution in [1.82, 2.24) is 0 Å². The topological polar surface area (TPSA) is 29.5 Å². The first-order valence-corrected chi connectivity index (χ1v) is 8.89. The number of aliphatic hydroxyl groups is 1. The second-order valence-corrected chi connectivity index (χ2v) is 6.41. The van der Waals surface area contributed by atoms with Crippen molar-refractivity contribution in [2.45, 2.75) is 19.8 Å². The van der Waals surface area contributed by atoms with E-state index in [1.807, 2.05) is 6.07 Å². The van der Waals surface area contributed by atoms with Crippen LogP contribution in [0.5, 0.6) is 5.75 Å². The third kappa shape index (κ3) is 2.83. The van der Waals surface area contributed by atoms with Gasteiger partial charge in [0.2, 0.25) is 0 Å². The Hall–Kier alpha value is -2.58. The largest absolute Gasteiger partial charge is 0.491 e. The molecule has 0 amide bonds. The Bertz CT molecular complexity index is 912. The summed E-state index contributed by atoms with van der Waals surface area (Å²) in [5.74, 6) is 0.871. The van der Waals surface area contributed by atoms with Crippen molar-refractivity contribution in [3.63, 3.8) is 0 Å². The predicted octanol–water partition coefficient (Wildman–Crippen LogP) is 4.86. The summed E-state index contributed by atoms with van der Waals surface area (Å²) >= 11 is 0. The van der Waals surface area contributed by atoms with Crippen LogP contribution in [0.25, 0.3) is 22.3 Å². The van der Waals surface area contributed by atoms with Crippen LogP contribution in [0.3, 0.4) is 0 Å². The maximum absolute atomic E-state index is 8.99. The average Bonchev–Trinajstić information content (AvgIpc) is 3.05. The highest BCUT2D eigenvalue weighted by molar-refractivity contribution is 5.85. The summed E-state index contributed by atoms with van der Waals surface area (Å²) in [6.07, 6.45) is 1.90. The Balaban J connectivity index is 1.77. The van der Waals surface area contributed by atoms with Crippen LogP contribution >= 0.6 is 0 Å². The molecule has 0 unspecified atom stereocenters. The highest BCUT2D eigenvalue weighted by Crippen LogP contribution is 2.42. The van der Waals surface area contributed by atoms with E-state index in [0.29, 0.717) is 6.61 Å². The summed E-state index contributed by atoms with van der Waals surface area (Å²) in [7, 11) is 0. The van der Waals surface area contributed by atoms with Crippen LogP contribution in [0.4, 0.5) is 0 Å². The van der Waals surface area contributed by atoms with Crippen LogP contribution in [0.2, 0.25) is 0 Å². The maximum atomic E-state index is 8.99. The van der Waals surface area contributed by atoms with Gasteiger partial charge in [-0.15, -0.1) is 0 Å². The summed E-state index contributed by atoms with van der Waals surface area (Å²) in [5.41, 5.74) is 9.25. The van der Waals surface area contributed by atoms with E-state index in [1.165, 1.54) is 38.9 Å². The fraction of sp³-hybridized carbons (Fsp3) is 0.217. The minimum absolute atomic E-state index is 0.0371. The molecule has 0 fully saturated rings. The fourth-order valence-electron chi connectivity index (χ4n) is 3.75. The van der Waals surface area contributed by atoms with Crippen LogP contribution in [-0.2, 0) is 12.8 Å². The lowest BCUT2D eigenvalue weighted by molar-refractivity contribution is 0.200. The molecule has 0 saturated carbocycles. The van der Waals surface area contributed by atoms with E-state index >= 15 is 0 Å². The summed E-state index contributed by atoms with van der Waals surface area (Å²) in [6.45, 7) is 2.51. The van der Waals surface area contributed by atoms with Gasteiger partial charge >= 0.3 is 0 Å². The average molecular weight is 330 g/mol. The molecule has 0 saturated heterocycles. The Labute approximate surface area is 148 Å². The molecule has 1 aliphatic rings. The van der Waals surface area contributed by atoms with E-state index in [2.05, 4.69) is 61.5 Å². The smallest absolute Gasteiger partial charge is 0.122 e. The number of aryl methyl sites for hydroxylation is 1. The van der Waals surface area contributed by atoms with E-state index in [4.69, 9.17) is 9.84 Å². The van der Waals surface area contributed by atoms with Gasteiger partial charge in [0.15, 0.2) is 0 Å². The van der Waals surface area contributed by atoms with Crippen LogP contribution in [0, 0.1) is 0 Å². The molecule has 2 nitrogen and oxygen atoms in total. The standard InChI is InChI=1S/C23H22O2/c1-2-16-14-18(10-11-23(16)25-13-12-24)20-8-5-9-21-19-7-4-3-6-17(19)15-22(20)21/h3-11,14,24H,2,12-13,15H2,1H3. The zero-order valence-electron chi connectivity index (χ0n) is 14.5. The minimum atomic E-state index is 0.0371. The summed E-state index contributed by atoms with van der Waals surface area (Å²) in [6, 6.07) is 21.7. The van der Waals surface area contributed by atoms with Crippen molar-refractivity contribution >= 4 is 0 Å². The molecule has 1 aliphatic carbocycles. The number of rotatable bonds is 5. The van der Waals surface area contributed by atoms with E-state index in [1.54, 1.807) is 0 Å². The Morgan fingerprint density at radius 3 is 2.56 bits per heavy atom. The van der Waals surface area contributed by atoms with Gasteiger partial charge in [0.1, 0.15) is 12.4 Å². The van der Waals surface area contributed by atoms with Crippen molar-refractivity contribution in [2.75, 3.05) is 13.2 Å². The second-order valence-electron chi connectivity index (χ2n) is 6.41. The van der Waals surface area contributed by atoms with E-state index in [9.17, 15) is 0 Å². The fourth-order valence-corrected chi connectivity index (χ4v) is 3.75. The first-order valence-electron chi connectivity index (χ1n) is 8.89. The molecule has 0 aromatic heterocycles. The predicted molar refractivity (Wildman–Crippen MR) is 102 cm³/mol. The van der Waals surface area contributed by atoms with Crippen LogP contribution in [-0.4, -0.2) is 18.3 Å². The molecule has 3 aromatic rings. The normalized spacial score (nSPS) is 11.9. The van der Waals surface area contributed by atoms with E-state index in [-0.39, 0.29) is 6.61 Å². The van der Waals surface area contributed by atoms with Gasteiger partial charge in [-0.3, -0.25) is 0 Å². The number of benzene rings is 3. The third-order valence-electron chi connectivity index (χ3n) is 4.95. The zero-order chi connectivity index (χ0) is 17.2. The first kappa shape index (κ1) is 15.9. The van der Waals surface area contributed by atoms with Crippen molar-refractivity contribution in [1.29, 1.82) is 0 Å². The second kappa shape index (κ2) is 6.73. The molecule has 0 bridgehead atoms. The van der Waals surface area contributed by atoms with Crippen molar-refractivity contribution in [2.24, 2.45) is 0 Å². The SMILES string of the molecule is CCc1cc(-c2cccc3c2Cc2ccccc2-3)ccc1OCCO. The Morgan fingerprint density at radius 1 is 0.920 bits per heavy atom. The number of aliphatic hydroxyl groups excluding tert-OH is 1. The minimum Gasteiger partial charge on any atom is -0.491 e. The first-order chi connectivity index (χ1) is 12.3. The van der Waals surface area contributed by atoms with E-state index < -0.39 is 0 Å². The third-order valence-corrected chi connectivity index (χ3v) is 4.95. The summed E-state index contributed by atoms with van der Waals surface area (Å²) < 4.78 is 5.66. The van der Waals surface area contributed by atoms with Crippen LogP contribution < -0.4 is 4.74 Å². The van der Waals surface area contributed by atoms with Gasteiger partial charge in [-0.1, -0.05) is 55.5 Å². The maximum Gasteiger partial charge on any atom is 0.122 e. The molecule has 3 aromatic carbocycles.